The van der Waals surface area contributed by atoms with Gasteiger partial charge in [0.05, 0.1) is 13.2 Å². The van der Waals surface area contributed by atoms with E-state index in [4.69, 9.17) is 24.1 Å². The summed E-state index contributed by atoms with van der Waals surface area (Å²) < 4.78 is 21.5. The zero-order chi connectivity index (χ0) is 26.9. The first kappa shape index (κ1) is 28.0. The van der Waals surface area contributed by atoms with Gasteiger partial charge < -0.3 is 44.7 Å². The molecular formula is C23H28N2O12. The molecule has 3 amide bonds. The smallest absolute Gasteiger partial charge is 0.335 e. The second kappa shape index (κ2) is 13.1. The number of benzene rings is 1. The lowest BCUT2D eigenvalue weighted by atomic mass is 9.99. The summed E-state index contributed by atoms with van der Waals surface area (Å²) in [7, 11) is 0. The van der Waals surface area contributed by atoms with Crippen LogP contribution in [0.3, 0.4) is 0 Å². The highest BCUT2D eigenvalue weighted by Gasteiger charge is 2.48. The number of hydrogen-bond acceptors (Lipinski definition) is 11. The van der Waals surface area contributed by atoms with Crippen molar-refractivity contribution in [1.29, 1.82) is 0 Å². The second-order valence-corrected chi connectivity index (χ2v) is 8.05. The van der Waals surface area contributed by atoms with E-state index in [1.54, 1.807) is 12.1 Å². The number of aliphatic carboxylic acids is 1. The molecule has 2 aliphatic heterocycles. The van der Waals surface area contributed by atoms with Crippen molar-refractivity contribution in [2.45, 2.75) is 37.1 Å². The van der Waals surface area contributed by atoms with Crippen LogP contribution < -0.4 is 14.8 Å². The van der Waals surface area contributed by atoms with Gasteiger partial charge in [-0.05, 0) is 12.1 Å². The molecule has 1 saturated heterocycles. The van der Waals surface area contributed by atoms with Crippen LogP contribution in [0.4, 0.5) is 0 Å². The summed E-state index contributed by atoms with van der Waals surface area (Å²) in [6.45, 7) is 0.778. The summed E-state index contributed by atoms with van der Waals surface area (Å²) in [5, 5.41) is 41.4. The zero-order valence-electron chi connectivity index (χ0n) is 19.6. The lowest BCUT2D eigenvalue weighted by Gasteiger charge is -2.38. The molecule has 5 atom stereocenters. The molecule has 3 rings (SSSR count). The van der Waals surface area contributed by atoms with Crippen LogP contribution >= 0.6 is 0 Å². The van der Waals surface area contributed by atoms with Crippen LogP contribution in [0.25, 0.3) is 0 Å². The van der Waals surface area contributed by atoms with Crippen LogP contribution in [0.5, 0.6) is 11.5 Å². The molecular weight excluding hydrogens is 496 g/mol. The first-order valence-electron chi connectivity index (χ1n) is 11.4. The number of imide groups is 1. The molecule has 0 aromatic heterocycles. The molecule has 14 nitrogen and oxygen atoms in total. The number of nitrogens with zero attached hydrogens (tertiary/aromatic N) is 1. The zero-order valence-corrected chi connectivity index (χ0v) is 19.6. The molecule has 0 bridgehead atoms. The average molecular weight is 524 g/mol. The maximum atomic E-state index is 11.8. The topological polar surface area (TPSA) is 201 Å². The highest BCUT2D eigenvalue weighted by molar-refractivity contribution is 6.13. The van der Waals surface area contributed by atoms with Crippen LogP contribution in [-0.4, -0.2) is 113 Å². The molecule has 14 heteroatoms. The number of nitrogens with one attached hydrogen (secondary N) is 1. The van der Waals surface area contributed by atoms with E-state index in [0.29, 0.717) is 5.75 Å². The van der Waals surface area contributed by atoms with Gasteiger partial charge in [0.15, 0.2) is 6.10 Å². The minimum Gasteiger partial charge on any atom is -0.491 e. The van der Waals surface area contributed by atoms with Gasteiger partial charge in [0, 0.05) is 37.7 Å². The van der Waals surface area contributed by atoms with Gasteiger partial charge in [0.25, 0.3) is 11.8 Å². The number of ether oxygens (including phenoxy) is 4. The number of rotatable bonds is 13. The summed E-state index contributed by atoms with van der Waals surface area (Å²) in [6, 6.07) is 6.15. The third-order valence-corrected chi connectivity index (χ3v) is 5.40. The quantitative estimate of drug-likeness (QED) is 0.138. The van der Waals surface area contributed by atoms with Crippen LogP contribution in [0.15, 0.2) is 36.4 Å². The van der Waals surface area contributed by atoms with Gasteiger partial charge in [-0.25, -0.2) is 4.79 Å². The summed E-state index contributed by atoms with van der Waals surface area (Å²) >= 11 is 0. The predicted molar refractivity (Wildman–Crippen MR) is 121 cm³/mol. The minimum absolute atomic E-state index is 0.00246. The molecule has 1 aromatic rings. The maximum Gasteiger partial charge on any atom is 0.335 e. The largest absolute Gasteiger partial charge is 0.491 e. The molecule has 0 aliphatic carbocycles. The van der Waals surface area contributed by atoms with Crippen molar-refractivity contribution in [3.63, 3.8) is 0 Å². The normalized spacial score (nSPS) is 25.3. The van der Waals surface area contributed by atoms with Crippen molar-refractivity contribution < 1.29 is 58.6 Å². The van der Waals surface area contributed by atoms with E-state index in [-0.39, 0.29) is 51.0 Å². The Morgan fingerprint density at radius 3 is 2.38 bits per heavy atom. The van der Waals surface area contributed by atoms with Crippen molar-refractivity contribution in [2.75, 3.05) is 32.9 Å². The van der Waals surface area contributed by atoms with E-state index in [0.717, 1.165) is 17.1 Å². The number of aliphatic hydroxyl groups excluding tert-OH is 3. The number of carbonyl (C=O) groups excluding carboxylic acids is 3. The lowest BCUT2D eigenvalue weighted by molar-refractivity contribution is -0.271. The maximum absolute atomic E-state index is 11.8. The summed E-state index contributed by atoms with van der Waals surface area (Å²) in [5.41, 5.74) is 0. The Hall–Kier alpha value is -3.56. The van der Waals surface area contributed by atoms with E-state index in [2.05, 4.69) is 5.32 Å². The number of hydrogen-bond donors (Lipinski definition) is 5. The number of carboxylic acids is 1. The Balaban J connectivity index is 1.32. The van der Waals surface area contributed by atoms with Crippen LogP contribution in [0, 0.1) is 0 Å². The van der Waals surface area contributed by atoms with Crippen molar-refractivity contribution in [2.24, 2.45) is 0 Å². The van der Waals surface area contributed by atoms with Crippen LogP contribution in [0.1, 0.15) is 6.42 Å². The molecule has 37 heavy (non-hydrogen) atoms. The molecule has 202 valence electrons. The van der Waals surface area contributed by atoms with Gasteiger partial charge in [-0.1, -0.05) is 6.07 Å². The summed E-state index contributed by atoms with van der Waals surface area (Å²) in [5.74, 6) is -2.20. The average Bonchev–Trinajstić information content (AvgIpc) is 3.19. The Morgan fingerprint density at radius 1 is 0.973 bits per heavy atom. The molecule has 0 unspecified atom stereocenters. The molecule has 0 spiro atoms. The monoisotopic (exact) mass is 524 g/mol. The first-order chi connectivity index (χ1) is 17.7. The van der Waals surface area contributed by atoms with Gasteiger partial charge in [0.1, 0.15) is 36.4 Å². The minimum atomic E-state index is -1.82. The fourth-order valence-corrected chi connectivity index (χ4v) is 3.46. The van der Waals surface area contributed by atoms with Crippen LogP contribution in [-0.2, 0) is 28.7 Å². The van der Waals surface area contributed by atoms with Gasteiger partial charge in [-0.15, -0.1) is 0 Å². The molecule has 2 aliphatic rings. The molecule has 5 N–H and O–H groups in total. The predicted octanol–water partition coefficient (Wildman–Crippen LogP) is -2.22. The second-order valence-electron chi connectivity index (χ2n) is 8.05. The lowest BCUT2D eigenvalue weighted by Crippen LogP contribution is -2.61. The summed E-state index contributed by atoms with van der Waals surface area (Å²) in [6.07, 6.45) is -6.31. The standard InChI is InChI=1S/C23H28N2O12/c26-15(6-8-25-16(27)4-5-17(25)28)24-7-9-34-10-11-35-13-2-1-3-14(12-13)36-23-20(31)18(29)19(30)21(37-23)22(32)33/h1-5,12,18-21,23,29-31H,6-11H2,(H,24,26)(H,32,33)/t18-,19-,20+,21-,23+/m0/s1. The van der Waals surface area contributed by atoms with Crippen molar-refractivity contribution in [3.05, 3.63) is 36.4 Å². The number of aliphatic hydroxyl groups is 3. The Bertz CT molecular complexity index is 997. The Kier molecular flexibility index (Phi) is 9.93. The van der Waals surface area contributed by atoms with E-state index < -0.39 is 48.5 Å². The number of carboxylic acid groups (broad SMARTS) is 1. The Morgan fingerprint density at radius 2 is 1.68 bits per heavy atom. The SMILES string of the molecule is O=C(CCN1C(=O)C=CC1=O)NCCOCCOc1cccc(O[C@@H]2O[C@H](C(=O)O)[C@@H](O)[C@H](O)[C@H]2O)c1. The van der Waals surface area contributed by atoms with Gasteiger partial charge in [0.2, 0.25) is 12.2 Å². The van der Waals surface area contributed by atoms with Crippen molar-refractivity contribution in [1.82, 2.24) is 10.2 Å². The third-order valence-electron chi connectivity index (χ3n) is 5.40. The number of carbonyl (C=O) groups is 4. The molecule has 0 saturated carbocycles. The van der Waals surface area contributed by atoms with Gasteiger partial charge in [-0.3, -0.25) is 19.3 Å². The highest BCUT2D eigenvalue weighted by Crippen LogP contribution is 2.26. The molecule has 1 fully saturated rings. The van der Waals surface area contributed by atoms with Crippen molar-refractivity contribution in [3.8, 4) is 11.5 Å². The Labute approximate surface area is 211 Å². The van der Waals surface area contributed by atoms with E-state index in [1.807, 2.05) is 0 Å². The van der Waals surface area contributed by atoms with E-state index in [1.165, 1.54) is 12.1 Å². The molecule has 0 radical (unpaired) electrons. The van der Waals surface area contributed by atoms with E-state index in [9.17, 15) is 34.5 Å². The molecule has 2 heterocycles. The summed E-state index contributed by atoms with van der Waals surface area (Å²) in [4.78, 5) is 46.9. The fourth-order valence-electron chi connectivity index (χ4n) is 3.46. The number of amides is 3. The first-order valence-corrected chi connectivity index (χ1v) is 11.4. The van der Waals surface area contributed by atoms with Crippen LogP contribution in [0.2, 0.25) is 0 Å². The van der Waals surface area contributed by atoms with Gasteiger partial charge in [-0.2, -0.15) is 0 Å². The third kappa shape index (κ3) is 7.71. The van der Waals surface area contributed by atoms with Crippen molar-refractivity contribution >= 4 is 23.7 Å². The molecule has 1 aromatic carbocycles. The fraction of sp³-hybridized carbons (Fsp3) is 0.478. The van der Waals surface area contributed by atoms with Gasteiger partial charge >= 0.3 is 5.97 Å². The highest BCUT2D eigenvalue weighted by atomic mass is 16.7. The van der Waals surface area contributed by atoms with E-state index >= 15 is 0 Å².